The van der Waals surface area contributed by atoms with Crippen molar-refractivity contribution >= 4 is 0 Å². The first kappa shape index (κ1) is 14.4. The number of hydrogen-bond acceptors (Lipinski definition) is 3. The predicted molar refractivity (Wildman–Crippen MR) is 79.6 cm³/mol. The van der Waals surface area contributed by atoms with Crippen molar-refractivity contribution in [2.45, 2.75) is 25.8 Å². The zero-order chi connectivity index (χ0) is 13.7. The van der Waals surface area contributed by atoms with E-state index in [-0.39, 0.29) is 0 Å². The molecule has 3 heteroatoms. The fraction of sp³-hybridized carbons (Fsp3) is 0.625. The Balaban J connectivity index is 1.88. The number of benzene rings is 1. The Morgan fingerprint density at radius 1 is 1.42 bits per heavy atom. The van der Waals surface area contributed by atoms with Crippen molar-refractivity contribution in [2.75, 3.05) is 33.8 Å². The number of ether oxygens (including phenoxy) is 1. The highest BCUT2D eigenvalue weighted by Gasteiger charge is 2.18. The van der Waals surface area contributed by atoms with Crippen molar-refractivity contribution < 1.29 is 4.74 Å². The van der Waals surface area contributed by atoms with Crippen LogP contribution in [0.2, 0.25) is 0 Å². The molecular formula is C16H26N2O. The SMILES string of the molecule is COc1ccccc1C(C)NCC1CCCN(C)C1. The zero-order valence-corrected chi connectivity index (χ0v) is 12.4. The summed E-state index contributed by atoms with van der Waals surface area (Å²) in [5, 5.41) is 3.66. The van der Waals surface area contributed by atoms with Crippen LogP contribution in [0.5, 0.6) is 5.75 Å². The third kappa shape index (κ3) is 3.95. The molecule has 0 spiro atoms. The minimum Gasteiger partial charge on any atom is -0.496 e. The van der Waals surface area contributed by atoms with Crippen molar-refractivity contribution in [3.63, 3.8) is 0 Å². The van der Waals surface area contributed by atoms with Crippen LogP contribution >= 0.6 is 0 Å². The molecule has 106 valence electrons. The third-order valence-electron chi connectivity index (χ3n) is 4.04. The second-order valence-corrected chi connectivity index (χ2v) is 5.64. The molecule has 1 saturated heterocycles. The van der Waals surface area contributed by atoms with E-state index in [9.17, 15) is 0 Å². The van der Waals surface area contributed by atoms with Crippen molar-refractivity contribution in [3.8, 4) is 5.75 Å². The molecule has 0 radical (unpaired) electrons. The lowest BCUT2D eigenvalue weighted by Gasteiger charge is -2.30. The predicted octanol–water partition coefficient (Wildman–Crippen LogP) is 2.69. The first-order chi connectivity index (χ1) is 9.20. The molecule has 1 aromatic carbocycles. The van der Waals surface area contributed by atoms with Crippen LogP contribution in [0.15, 0.2) is 24.3 Å². The van der Waals surface area contributed by atoms with E-state index in [1.165, 1.54) is 31.5 Å². The summed E-state index contributed by atoms with van der Waals surface area (Å²) in [7, 11) is 3.96. The van der Waals surface area contributed by atoms with Crippen LogP contribution in [0, 0.1) is 5.92 Å². The van der Waals surface area contributed by atoms with E-state index < -0.39 is 0 Å². The topological polar surface area (TPSA) is 24.5 Å². The average molecular weight is 262 g/mol. The van der Waals surface area contributed by atoms with Gasteiger partial charge < -0.3 is 15.0 Å². The minimum absolute atomic E-state index is 0.336. The molecular weight excluding hydrogens is 236 g/mol. The molecule has 1 aliphatic heterocycles. The second-order valence-electron chi connectivity index (χ2n) is 5.64. The largest absolute Gasteiger partial charge is 0.496 e. The number of likely N-dealkylation sites (tertiary alicyclic amines) is 1. The lowest BCUT2D eigenvalue weighted by atomic mass is 9.97. The Morgan fingerprint density at radius 2 is 2.21 bits per heavy atom. The smallest absolute Gasteiger partial charge is 0.123 e. The highest BCUT2D eigenvalue weighted by Crippen LogP contribution is 2.24. The zero-order valence-electron chi connectivity index (χ0n) is 12.4. The number of para-hydroxylation sites is 1. The summed E-state index contributed by atoms with van der Waals surface area (Å²) in [5.74, 6) is 1.75. The monoisotopic (exact) mass is 262 g/mol. The van der Waals surface area contributed by atoms with E-state index in [1.807, 2.05) is 12.1 Å². The molecule has 2 rings (SSSR count). The highest BCUT2D eigenvalue weighted by molar-refractivity contribution is 5.35. The molecule has 2 unspecified atom stereocenters. The summed E-state index contributed by atoms with van der Waals surface area (Å²) < 4.78 is 5.43. The van der Waals surface area contributed by atoms with E-state index in [2.05, 4.69) is 36.3 Å². The molecule has 2 atom stereocenters. The molecule has 0 bridgehead atoms. The van der Waals surface area contributed by atoms with Gasteiger partial charge in [-0.15, -0.1) is 0 Å². The Hall–Kier alpha value is -1.06. The quantitative estimate of drug-likeness (QED) is 0.883. The number of piperidine rings is 1. The molecule has 0 amide bonds. The molecule has 1 N–H and O–H groups in total. The standard InChI is InChI=1S/C16H26N2O/c1-13(15-8-4-5-9-16(15)19-3)17-11-14-7-6-10-18(2)12-14/h4-5,8-9,13-14,17H,6-7,10-12H2,1-3H3. The van der Waals surface area contributed by atoms with Gasteiger partial charge in [0.1, 0.15) is 5.75 Å². The van der Waals surface area contributed by atoms with Crippen LogP contribution in [0.1, 0.15) is 31.4 Å². The summed E-state index contributed by atoms with van der Waals surface area (Å²) >= 11 is 0. The summed E-state index contributed by atoms with van der Waals surface area (Å²) in [6.45, 7) is 5.76. The number of nitrogens with zero attached hydrogens (tertiary/aromatic N) is 1. The molecule has 0 aromatic heterocycles. The van der Waals surface area contributed by atoms with E-state index in [0.717, 1.165) is 18.2 Å². The molecule has 1 aromatic rings. The highest BCUT2D eigenvalue weighted by atomic mass is 16.5. The van der Waals surface area contributed by atoms with Gasteiger partial charge in [-0.3, -0.25) is 0 Å². The fourth-order valence-electron chi connectivity index (χ4n) is 2.92. The normalized spacial score (nSPS) is 22.2. The molecule has 1 fully saturated rings. The van der Waals surface area contributed by atoms with E-state index in [1.54, 1.807) is 7.11 Å². The van der Waals surface area contributed by atoms with Crippen LogP contribution in [-0.4, -0.2) is 38.7 Å². The van der Waals surface area contributed by atoms with Gasteiger partial charge in [0, 0.05) is 18.2 Å². The van der Waals surface area contributed by atoms with Crippen LogP contribution in [-0.2, 0) is 0 Å². The van der Waals surface area contributed by atoms with Crippen molar-refractivity contribution in [1.29, 1.82) is 0 Å². The number of methoxy groups -OCH3 is 1. The number of nitrogens with one attached hydrogen (secondary N) is 1. The Morgan fingerprint density at radius 3 is 2.95 bits per heavy atom. The molecule has 1 heterocycles. The van der Waals surface area contributed by atoms with Gasteiger partial charge in [0.25, 0.3) is 0 Å². The van der Waals surface area contributed by atoms with Gasteiger partial charge in [-0.2, -0.15) is 0 Å². The van der Waals surface area contributed by atoms with Crippen molar-refractivity contribution in [2.24, 2.45) is 5.92 Å². The molecule has 3 nitrogen and oxygen atoms in total. The molecule has 19 heavy (non-hydrogen) atoms. The summed E-state index contributed by atoms with van der Waals surface area (Å²) in [6, 6.07) is 8.60. The number of rotatable bonds is 5. The van der Waals surface area contributed by atoms with Gasteiger partial charge in [-0.1, -0.05) is 18.2 Å². The Bertz CT molecular complexity index is 394. The fourth-order valence-corrected chi connectivity index (χ4v) is 2.92. The number of hydrogen-bond donors (Lipinski definition) is 1. The second kappa shape index (κ2) is 6.92. The van der Waals surface area contributed by atoms with Crippen LogP contribution in [0.25, 0.3) is 0 Å². The first-order valence-electron chi connectivity index (χ1n) is 7.25. The van der Waals surface area contributed by atoms with Gasteiger partial charge in [0.15, 0.2) is 0 Å². The summed E-state index contributed by atoms with van der Waals surface area (Å²) in [4.78, 5) is 2.43. The Kier molecular flexibility index (Phi) is 5.23. The van der Waals surface area contributed by atoms with Gasteiger partial charge >= 0.3 is 0 Å². The molecule has 0 saturated carbocycles. The van der Waals surface area contributed by atoms with Crippen LogP contribution in [0.3, 0.4) is 0 Å². The third-order valence-corrected chi connectivity index (χ3v) is 4.04. The first-order valence-corrected chi connectivity index (χ1v) is 7.25. The van der Waals surface area contributed by atoms with Crippen molar-refractivity contribution in [1.82, 2.24) is 10.2 Å². The van der Waals surface area contributed by atoms with Crippen molar-refractivity contribution in [3.05, 3.63) is 29.8 Å². The van der Waals surface area contributed by atoms with Crippen LogP contribution in [0.4, 0.5) is 0 Å². The average Bonchev–Trinajstić information content (AvgIpc) is 2.45. The van der Waals surface area contributed by atoms with Gasteiger partial charge in [-0.05, 0) is 51.9 Å². The minimum atomic E-state index is 0.336. The summed E-state index contributed by atoms with van der Waals surface area (Å²) in [5.41, 5.74) is 1.24. The maximum Gasteiger partial charge on any atom is 0.123 e. The lowest BCUT2D eigenvalue weighted by Crippen LogP contribution is -2.38. The summed E-state index contributed by atoms with van der Waals surface area (Å²) in [6.07, 6.45) is 2.67. The van der Waals surface area contributed by atoms with Gasteiger partial charge in [-0.25, -0.2) is 0 Å². The van der Waals surface area contributed by atoms with Gasteiger partial charge in [0.05, 0.1) is 7.11 Å². The lowest BCUT2D eigenvalue weighted by molar-refractivity contribution is 0.203. The maximum absolute atomic E-state index is 5.43. The maximum atomic E-state index is 5.43. The van der Waals surface area contributed by atoms with Crippen LogP contribution < -0.4 is 10.1 Å². The van der Waals surface area contributed by atoms with E-state index in [0.29, 0.717) is 6.04 Å². The molecule has 0 aliphatic carbocycles. The van der Waals surface area contributed by atoms with E-state index in [4.69, 9.17) is 4.74 Å². The van der Waals surface area contributed by atoms with E-state index >= 15 is 0 Å². The van der Waals surface area contributed by atoms with Gasteiger partial charge in [0.2, 0.25) is 0 Å². The Labute approximate surface area is 116 Å². The molecule has 1 aliphatic rings.